The summed E-state index contributed by atoms with van der Waals surface area (Å²) in [5, 5.41) is 11.4. The average Bonchev–Trinajstić information content (AvgIpc) is 3.18. The topological polar surface area (TPSA) is 76.6 Å². The highest BCUT2D eigenvalue weighted by molar-refractivity contribution is 6.06. The van der Waals surface area contributed by atoms with E-state index in [-0.39, 0.29) is 5.91 Å². The van der Waals surface area contributed by atoms with Gasteiger partial charge in [0.15, 0.2) is 11.5 Å². The van der Waals surface area contributed by atoms with Gasteiger partial charge in [0.1, 0.15) is 11.5 Å². The van der Waals surface area contributed by atoms with E-state index >= 15 is 0 Å². The number of rotatable bonds is 5. The molecule has 2 heterocycles. The number of amides is 1. The zero-order valence-corrected chi connectivity index (χ0v) is 15.7. The molecule has 0 fully saturated rings. The molecule has 0 unspecified atom stereocenters. The summed E-state index contributed by atoms with van der Waals surface area (Å²) in [5.74, 6) is 1.69. The molecule has 1 aromatic heterocycles. The van der Waals surface area contributed by atoms with Crippen LogP contribution in [-0.2, 0) is 6.42 Å². The molecule has 2 aromatic carbocycles. The lowest BCUT2D eigenvalue weighted by Crippen LogP contribution is -2.29. The monoisotopic (exact) mass is 376 g/mol. The molecule has 0 atom stereocenters. The average molecular weight is 376 g/mol. The number of para-hydroxylation sites is 1. The first kappa shape index (κ1) is 17.8. The summed E-state index contributed by atoms with van der Waals surface area (Å²) >= 11 is 0. The van der Waals surface area contributed by atoms with E-state index in [2.05, 4.69) is 15.5 Å². The number of carbonyl (C=O) groups excluding carboxylic acids is 1. The van der Waals surface area contributed by atoms with Crippen molar-refractivity contribution in [1.29, 1.82) is 0 Å². The maximum Gasteiger partial charge on any atom is 0.278 e. The molecule has 1 aliphatic heterocycles. The van der Waals surface area contributed by atoms with E-state index in [1.165, 1.54) is 5.56 Å². The number of aromatic nitrogens is 2. The van der Waals surface area contributed by atoms with Crippen molar-refractivity contribution in [2.45, 2.75) is 6.42 Å². The van der Waals surface area contributed by atoms with Crippen molar-refractivity contribution in [2.24, 2.45) is 0 Å². The SMILES string of the molecule is COc1ccc(OC)c(Nc2ccc(C(=O)N3CCc4ccccc43)nn2)c1. The number of hydrogen-bond acceptors (Lipinski definition) is 6. The van der Waals surface area contributed by atoms with Crippen LogP contribution in [0.2, 0.25) is 0 Å². The lowest BCUT2D eigenvalue weighted by atomic mass is 10.2. The highest BCUT2D eigenvalue weighted by Gasteiger charge is 2.26. The molecule has 0 spiro atoms. The van der Waals surface area contributed by atoms with Crippen LogP contribution >= 0.6 is 0 Å². The molecule has 1 aliphatic rings. The van der Waals surface area contributed by atoms with Gasteiger partial charge < -0.3 is 19.7 Å². The summed E-state index contributed by atoms with van der Waals surface area (Å²) in [4.78, 5) is 14.6. The molecule has 7 heteroatoms. The summed E-state index contributed by atoms with van der Waals surface area (Å²) in [5.41, 5.74) is 3.12. The van der Waals surface area contributed by atoms with Crippen molar-refractivity contribution in [3.63, 3.8) is 0 Å². The first-order valence-corrected chi connectivity index (χ1v) is 8.92. The molecule has 142 valence electrons. The number of benzene rings is 2. The second kappa shape index (κ2) is 7.56. The van der Waals surface area contributed by atoms with Gasteiger partial charge in [0.2, 0.25) is 0 Å². The number of ether oxygens (including phenoxy) is 2. The number of nitrogens with one attached hydrogen (secondary N) is 1. The molecule has 0 aliphatic carbocycles. The molecule has 1 amide bonds. The molecule has 1 N–H and O–H groups in total. The van der Waals surface area contributed by atoms with Crippen LogP contribution in [-0.4, -0.2) is 36.9 Å². The van der Waals surface area contributed by atoms with Crippen LogP contribution in [0.3, 0.4) is 0 Å². The standard InChI is InChI=1S/C21H20N4O3/c1-27-15-7-9-19(28-2)17(13-15)22-20-10-8-16(23-24-20)21(26)25-12-11-14-5-3-4-6-18(14)25/h3-10,13H,11-12H2,1-2H3,(H,22,24). The Labute approximate surface area is 162 Å². The first-order chi connectivity index (χ1) is 13.7. The Bertz CT molecular complexity index is 1000. The number of hydrogen-bond donors (Lipinski definition) is 1. The fraction of sp³-hybridized carbons (Fsp3) is 0.190. The van der Waals surface area contributed by atoms with Gasteiger partial charge in [-0.15, -0.1) is 10.2 Å². The number of methoxy groups -OCH3 is 2. The van der Waals surface area contributed by atoms with Crippen molar-refractivity contribution >= 4 is 23.1 Å². The van der Waals surface area contributed by atoms with Gasteiger partial charge in [0, 0.05) is 18.3 Å². The van der Waals surface area contributed by atoms with Gasteiger partial charge in [0.25, 0.3) is 5.91 Å². The van der Waals surface area contributed by atoms with Gasteiger partial charge in [-0.3, -0.25) is 4.79 Å². The van der Waals surface area contributed by atoms with Crippen molar-refractivity contribution in [2.75, 3.05) is 31.0 Å². The third-order valence-electron chi connectivity index (χ3n) is 4.69. The summed E-state index contributed by atoms with van der Waals surface area (Å²) in [7, 11) is 3.19. The van der Waals surface area contributed by atoms with E-state index in [0.29, 0.717) is 35.2 Å². The van der Waals surface area contributed by atoms with Gasteiger partial charge in [-0.2, -0.15) is 0 Å². The second-order valence-corrected chi connectivity index (χ2v) is 6.33. The van der Waals surface area contributed by atoms with Gasteiger partial charge in [-0.05, 0) is 42.3 Å². The minimum absolute atomic E-state index is 0.150. The Balaban J connectivity index is 1.53. The van der Waals surface area contributed by atoms with E-state index in [1.54, 1.807) is 43.4 Å². The summed E-state index contributed by atoms with van der Waals surface area (Å²) < 4.78 is 10.6. The summed E-state index contributed by atoms with van der Waals surface area (Å²) in [6.07, 6.45) is 0.852. The lowest BCUT2D eigenvalue weighted by molar-refractivity contribution is 0.0983. The van der Waals surface area contributed by atoms with Gasteiger partial charge in [0.05, 0.1) is 19.9 Å². The smallest absolute Gasteiger partial charge is 0.278 e. The van der Waals surface area contributed by atoms with E-state index in [4.69, 9.17) is 9.47 Å². The zero-order chi connectivity index (χ0) is 19.5. The molecule has 28 heavy (non-hydrogen) atoms. The van der Waals surface area contributed by atoms with Crippen LogP contribution in [0.4, 0.5) is 17.2 Å². The molecule has 0 radical (unpaired) electrons. The van der Waals surface area contributed by atoms with E-state index in [0.717, 1.165) is 12.1 Å². The highest BCUT2D eigenvalue weighted by atomic mass is 16.5. The highest BCUT2D eigenvalue weighted by Crippen LogP contribution is 2.31. The summed E-state index contributed by atoms with van der Waals surface area (Å²) in [6.45, 7) is 0.654. The molecule has 0 saturated carbocycles. The van der Waals surface area contributed by atoms with E-state index < -0.39 is 0 Å². The first-order valence-electron chi connectivity index (χ1n) is 8.92. The second-order valence-electron chi connectivity index (χ2n) is 6.33. The van der Waals surface area contributed by atoms with Crippen LogP contribution in [0.1, 0.15) is 16.1 Å². The Morgan fingerprint density at radius 2 is 1.89 bits per heavy atom. The Hall–Kier alpha value is -3.61. The van der Waals surface area contributed by atoms with E-state index in [9.17, 15) is 4.79 Å². The minimum Gasteiger partial charge on any atom is -0.497 e. The van der Waals surface area contributed by atoms with E-state index in [1.807, 2.05) is 30.3 Å². The van der Waals surface area contributed by atoms with Crippen molar-refractivity contribution in [3.8, 4) is 11.5 Å². The van der Waals surface area contributed by atoms with Crippen molar-refractivity contribution in [1.82, 2.24) is 10.2 Å². The number of nitrogens with zero attached hydrogens (tertiary/aromatic N) is 3. The maximum atomic E-state index is 12.8. The minimum atomic E-state index is -0.150. The predicted molar refractivity (Wildman–Crippen MR) is 107 cm³/mol. The molecular weight excluding hydrogens is 356 g/mol. The third-order valence-corrected chi connectivity index (χ3v) is 4.69. The molecule has 3 aromatic rings. The molecular formula is C21H20N4O3. The normalized spacial score (nSPS) is 12.4. The molecule has 0 bridgehead atoms. The number of carbonyl (C=O) groups is 1. The van der Waals surface area contributed by atoms with Gasteiger partial charge >= 0.3 is 0 Å². The molecule has 4 rings (SSSR count). The van der Waals surface area contributed by atoms with Crippen LogP contribution in [0, 0.1) is 0 Å². The molecule has 7 nitrogen and oxygen atoms in total. The van der Waals surface area contributed by atoms with Crippen LogP contribution < -0.4 is 19.7 Å². The third kappa shape index (κ3) is 3.34. The Morgan fingerprint density at radius 1 is 1.04 bits per heavy atom. The maximum absolute atomic E-state index is 12.8. The fourth-order valence-corrected chi connectivity index (χ4v) is 3.25. The molecule has 0 saturated heterocycles. The zero-order valence-electron chi connectivity index (χ0n) is 15.7. The van der Waals surface area contributed by atoms with Crippen molar-refractivity contribution < 1.29 is 14.3 Å². The largest absolute Gasteiger partial charge is 0.497 e. The Kier molecular flexibility index (Phi) is 4.80. The van der Waals surface area contributed by atoms with Crippen LogP contribution in [0.15, 0.2) is 54.6 Å². The lowest BCUT2D eigenvalue weighted by Gasteiger charge is -2.16. The predicted octanol–water partition coefficient (Wildman–Crippen LogP) is 3.44. The quantitative estimate of drug-likeness (QED) is 0.735. The number of fused-ring (bicyclic) bond motifs is 1. The van der Waals surface area contributed by atoms with Crippen LogP contribution in [0.25, 0.3) is 0 Å². The van der Waals surface area contributed by atoms with Gasteiger partial charge in [-0.25, -0.2) is 0 Å². The van der Waals surface area contributed by atoms with Crippen LogP contribution in [0.5, 0.6) is 11.5 Å². The van der Waals surface area contributed by atoms with Gasteiger partial charge in [-0.1, -0.05) is 18.2 Å². The Morgan fingerprint density at radius 3 is 2.64 bits per heavy atom. The van der Waals surface area contributed by atoms with Crippen molar-refractivity contribution in [3.05, 3.63) is 65.9 Å². The number of anilines is 3. The fourth-order valence-electron chi connectivity index (χ4n) is 3.25. The summed E-state index contributed by atoms with van der Waals surface area (Å²) in [6, 6.07) is 16.7.